The molecule has 0 N–H and O–H groups in total. The van der Waals surface area contributed by atoms with E-state index in [2.05, 4.69) is 46.8 Å². The molecule has 5 heterocycles. The summed E-state index contributed by atoms with van der Waals surface area (Å²) in [5.74, 6) is -0.419. The molecule has 12 nitrogen and oxygen atoms in total. The van der Waals surface area contributed by atoms with Gasteiger partial charge in [-0.05, 0) is 93.4 Å². The molecule has 0 fully saturated rings. The first-order chi connectivity index (χ1) is 26.5. The molecule has 1 amide bonds. The number of carbonyl (C=O) groups excluding carboxylic acids is 2. The van der Waals surface area contributed by atoms with Crippen molar-refractivity contribution in [1.29, 1.82) is 0 Å². The highest BCUT2D eigenvalue weighted by Gasteiger charge is 2.20. The molecule has 2 aromatic carbocycles. The smallest absolute Gasteiger partial charge is 0.282 e. The number of carbonyl (C=O) groups is 2. The molecule has 0 saturated carbocycles. The minimum Gasteiger partial charge on any atom is -0.481 e. The van der Waals surface area contributed by atoms with Crippen LogP contribution >= 0.6 is 31.9 Å². The molecule has 0 radical (unpaired) electrons. The predicted octanol–water partition coefficient (Wildman–Crippen LogP) is 6.99. The van der Waals surface area contributed by atoms with Crippen molar-refractivity contribution in [2.24, 2.45) is 0 Å². The second-order valence-electron chi connectivity index (χ2n) is 12.3. The summed E-state index contributed by atoms with van der Waals surface area (Å²) in [6, 6.07) is 27.4. The molecule has 278 valence electrons. The number of hydroxylamine groups is 2. The van der Waals surface area contributed by atoms with Crippen molar-refractivity contribution in [3.05, 3.63) is 173 Å². The number of benzene rings is 2. The second-order valence-corrected chi connectivity index (χ2v) is 13.9. The SMILES string of the molecule is CON(C)C(=O)c1cn(Cc2cccc(Br)n2)c2ccccc2c1=O.COc1ncc(C(=O)c2cn(Cc3cccc(Br)n3)c3ccccc3c2=O)cc1C. The minimum absolute atomic E-state index is 0.0537. The first-order valence-electron chi connectivity index (χ1n) is 16.8. The summed E-state index contributed by atoms with van der Waals surface area (Å²) in [5.41, 5.74) is 3.69. The zero-order valence-electron chi connectivity index (χ0n) is 30.2. The van der Waals surface area contributed by atoms with Crippen molar-refractivity contribution in [3.8, 4) is 5.88 Å². The number of ketones is 1. The topological polar surface area (TPSA) is 139 Å². The van der Waals surface area contributed by atoms with Crippen molar-refractivity contribution in [2.75, 3.05) is 21.3 Å². The van der Waals surface area contributed by atoms with E-state index in [9.17, 15) is 19.2 Å². The van der Waals surface area contributed by atoms with Gasteiger partial charge in [-0.1, -0.05) is 36.4 Å². The molecule has 7 rings (SSSR count). The Kier molecular flexibility index (Phi) is 12.1. The average molecular weight is 867 g/mol. The lowest BCUT2D eigenvalue weighted by Gasteiger charge is -2.16. The van der Waals surface area contributed by atoms with Gasteiger partial charge < -0.3 is 13.9 Å². The van der Waals surface area contributed by atoms with Crippen molar-refractivity contribution in [2.45, 2.75) is 20.0 Å². The van der Waals surface area contributed by atoms with Crippen LogP contribution in [0.15, 0.2) is 128 Å². The fraction of sp³-hybridized carbons (Fsp3) is 0.146. The van der Waals surface area contributed by atoms with Crippen LogP contribution in [0.1, 0.15) is 43.2 Å². The molecule has 14 heteroatoms. The van der Waals surface area contributed by atoms with Crippen molar-refractivity contribution in [3.63, 3.8) is 0 Å². The van der Waals surface area contributed by atoms with Gasteiger partial charge in [-0.15, -0.1) is 0 Å². The molecule has 0 aliphatic heterocycles. The van der Waals surface area contributed by atoms with Crippen LogP contribution in [-0.2, 0) is 17.9 Å². The zero-order chi connectivity index (χ0) is 39.2. The number of rotatable bonds is 9. The number of halogens is 2. The fourth-order valence-corrected chi connectivity index (χ4v) is 6.76. The molecular formula is C41H34Br2N6O6. The highest BCUT2D eigenvalue weighted by molar-refractivity contribution is 9.10. The average Bonchev–Trinajstić information content (AvgIpc) is 3.19. The molecule has 5 aromatic heterocycles. The molecular weight excluding hydrogens is 832 g/mol. The number of hydrogen-bond donors (Lipinski definition) is 0. The summed E-state index contributed by atoms with van der Waals surface area (Å²) in [6.45, 7) is 2.65. The maximum Gasteiger partial charge on any atom is 0.282 e. The fourth-order valence-electron chi connectivity index (χ4n) is 6.00. The molecule has 0 saturated heterocycles. The molecule has 0 atom stereocenters. The van der Waals surface area contributed by atoms with Gasteiger partial charge in [0.05, 0.1) is 55.3 Å². The number of hydrogen-bond acceptors (Lipinski definition) is 9. The Bertz CT molecular complexity index is 2700. The van der Waals surface area contributed by atoms with Gasteiger partial charge in [0.2, 0.25) is 16.7 Å². The number of nitrogens with zero attached hydrogens (tertiary/aromatic N) is 6. The van der Waals surface area contributed by atoms with Crippen LogP contribution in [0.3, 0.4) is 0 Å². The number of fused-ring (bicyclic) bond motifs is 2. The quantitative estimate of drug-likeness (QED) is 0.0854. The van der Waals surface area contributed by atoms with Gasteiger partial charge in [-0.25, -0.2) is 20.0 Å². The Morgan fingerprint density at radius 1 is 0.727 bits per heavy atom. The summed E-state index contributed by atoms with van der Waals surface area (Å²) < 4.78 is 10.3. The molecule has 0 aliphatic rings. The Morgan fingerprint density at radius 2 is 1.24 bits per heavy atom. The third-order valence-electron chi connectivity index (χ3n) is 8.71. The maximum absolute atomic E-state index is 13.2. The Hall–Kier alpha value is -5.83. The lowest BCUT2D eigenvalue weighted by atomic mass is 10.0. The third-order valence-corrected chi connectivity index (χ3v) is 9.59. The van der Waals surface area contributed by atoms with Gasteiger partial charge in [0, 0.05) is 47.5 Å². The highest BCUT2D eigenvalue weighted by atomic mass is 79.9. The largest absolute Gasteiger partial charge is 0.481 e. The van der Waals surface area contributed by atoms with Crippen molar-refractivity contribution in [1.82, 2.24) is 29.1 Å². The summed E-state index contributed by atoms with van der Waals surface area (Å²) >= 11 is 6.74. The normalized spacial score (nSPS) is 10.9. The summed E-state index contributed by atoms with van der Waals surface area (Å²) in [7, 11) is 4.37. The van der Waals surface area contributed by atoms with E-state index >= 15 is 0 Å². The Labute approximate surface area is 332 Å². The van der Waals surface area contributed by atoms with Gasteiger partial charge in [0.15, 0.2) is 5.78 Å². The lowest BCUT2D eigenvalue weighted by Crippen LogP contribution is -2.31. The molecule has 0 spiro atoms. The number of ether oxygens (including phenoxy) is 1. The number of amides is 1. The lowest BCUT2D eigenvalue weighted by molar-refractivity contribution is -0.0758. The first-order valence-corrected chi connectivity index (χ1v) is 18.4. The predicted molar refractivity (Wildman–Crippen MR) is 217 cm³/mol. The van der Waals surface area contributed by atoms with Gasteiger partial charge in [0.1, 0.15) is 14.8 Å². The maximum atomic E-state index is 13.2. The van der Waals surface area contributed by atoms with Crippen LogP contribution in [0.25, 0.3) is 21.8 Å². The molecule has 0 bridgehead atoms. The van der Waals surface area contributed by atoms with E-state index in [1.165, 1.54) is 27.5 Å². The van der Waals surface area contributed by atoms with Gasteiger partial charge in [-0.2, -0.15) is 0 Å². The summed E-state index contributed by atoms with van der Waals surface area (Å²) in [6.07, 6.45) is 4.60. The van der Waals surface area contributed by atoms with Crippen LogP contribution < -0.4 is 15.6 Å². The number of methoxy groups -OCH3 is 1. The Balaban J connectivity index is 0.000000190. The van der Waals surface area contributed by atoms with E-state index in [0.29, 0.717) is 35.3 Å². The molecule has 0 unspecified atom stereocenters. The van der Waals surface area contributed by atoms with Crippen LogP contribution in [0, 0.1) is 6.92 Å². The first kappa shape index (κ1) is 38.9. The Morgan fingerprint density at radius 3 is 1.73 bits per heavy atom. The molecule has 7 aromatic rings. The molecule has 0 aliphatic carbocycles. The monoisotopic (exact) mass is 864 g/mol. The summed E-state index contributed by atoms with van der Waals surface area (Å²) in [4.78, 5) is 69.5. The van der Waals surface area contributed by atoms with Crippen LogP contribution in [-0.4, -0.2) is 62.1 Å². The number of para-hydroxylation sites is 2. The van der Waals surface area contributed by atoms with Crippen LogP contribution in [0.4, 0.5) is 0 Å². The van der Waals surface area contributed by atoms with E-state index in [-0.39, 0.29) is 27.8 Å². The van der Waals surface area contributed by atoms with Gasteiger partial charge in [0.25, 0.3) is 5.91 Å². The van der Waals surface area contributed by atoms with Crippen molar-refractivity contribution < 1.29 is 19.2 Å². The highest BCUT2D eigenvalue weighted by Crippen LogP contribution is 2.20. The zero-order valence-corrected chi connectivity index (χ0v) is 33.4. The van der Waals surface area contributed by atoms with Crippen LogP contribution in [0.5, 0.6) is 5.88 Å². The van der Waals surface area contributed by atoms with Gasteiger partial charge in [-0.3, -0.25) is 24.0 Å². The standard InChI is InChI=1S/C23H18BrN3O3.C18H16BrN3O3/c1-14-10-15(11-25-23(14)30-2)21(28)18-13-27(12-16-6-5-9-20(24)26-16)19-8-4-3-7-17(19)22(18)29;1-21(25-2)18(24)14-11-22(10-12-6-5-9-16(19)20-12)15-8-4-3-7-13(15)17(14)23/h3-11,13H,12H2,1-2H3;3-9,11H,10H2,1-2H3. The third kappa shape index (κ3) is 8.62. The van der Waals surface area contributed by atoms with E-state index in [1.54, 1.807) is 49.6 Å². The number of pyridine rings is 5. The second kappa shape index (κ2) is 17.1. The van der Waals surface area contributed by atoms with Crippen molar-refractivity contribution >= 4 is 65.4 Å². The van der Waals surface area contributed by atoms with Gasteiger partial charge >= 0.3 is 0 Å². The van der Waals surface area contributed by atoms with E-state index in [0.717, 1.165) is 42.3 Å². The van der Waals surface area contributed by atoms with E-state index < -0.39 is 5.91 Å². The van der Waals surface area contributed by atoms with Crippen LogP contribution in [0.2, 0.25) is 0 Å². The van der Waals surface area contributed by atoms with E-state index in [1.807, 2.05) is 69.8 Å². The number of aryl methyl sites for hydroxylation is 1. The minimum atomic E-state index is -0.491. The number of aromatic nitrogens is 5. The summed E-state index contributed by atoms with van der Waals surface area (Å²) in [5, 5.41) is 2.00. The molecule has 55 heavy (non-hydrogen) atoms. The van der Waals surface area contributed by atoms with E-state index in [4.69, 9.17) is 9.57 Å².